The highest BCUT2D eigenvalue weighted by molar-refractivity contribution is 7.13. The highest BCUT2D eigenvalue weighted by Gasteiger charge is 2.14. The molecule has 0 bridgehead atoms. The summed E-state index contributed by atoms with van der Waals surface area (Å²) < 4.78 is 7.62. The van der Waals surface area contributed by atoms with Crippen molar-refractivity contribution >= 4 is 11.3 Å². The van der Waals surface area contributed by atoms with Gasteiger partial charge in [0.25, 0.3) is 0 Å². The molecule has 0 radical (unpaired) electrons. The van der Waals surface area contributed by atoms with Crippen LogP contribution in [0, 0.1) is 13.8 Å². The van der Waals surface area contributed by atoms with Crippen molar-refractivity contribution in [2.75, 3.05) is 7.11 Å². The first-order valence-electron chi connectivity index (χ1n) is 6.84. The predicted molar refractivity (Wildman–Crippen MR) is 88.0 cm³/mol. The molecule has 0 fully saturated rings. The first kappa shape index (κ1) is 13.9. The molecule has 0 aliphatic rings. The molecule has 0 saturated heterocycles. The fourth-order valence-corrected chi connectivity index (χ4v) is 3.31. The van der Waals surface area contributed by atoms with Gasteiger partial charge in [-0.15, -0.1) is 11.3 Å². The van der Waals surface area contributed by atoms with Crippen LogP contribution in [-0.4, -0.2) is 16.7 Å². The molecule has 3 aromatic rings. The van der Waals surface area contributed by atoms with Gasteiger partial charge in [0.1, 0.15) is 10.8 Å². The Balaban J connectivity index is 2.06. The molecule has 0 aliphatic carbocycles. The summed E-state index contributed by atoms with van der Waals surface area (Å²) in [5.74, 6) is 0.861. The summed E-state index contributed by atoms with van der Waals surface area (Å²) in [7, 11) is 3.78. The number of thiazole rings is 1. The molecule has 0 atom stereocenters. The van der Waals surface area contributed by atoms with Gasteiger partial charge in [0.05, 0.1) is 18.4 Å². The molecule has 0 N–H and O–H groups in total. The molecule has 0 spiro atoms. The maximum atomic E-state index is 5.42. The van der Waals surface area contributed by atoms with Gasteiger partial charge in [-0.05, 0) is 32.0 Å². The van der Waals surface area contributed by atoms with Crippen molar-refractivity contribution < 1.29 is 4.74 Å². The lowest BCUT2D eigenvalue weighted by Gasteiger charge is -2.04. The molecule has 3 rings (SSSR count). The van der Waals surface area contributed by atoms with Crippen LogP contribution in [0.2, 0.25) is 0 Å². The topological polar surface area (TPSA) is 27.1 Å². The van der Waals surface area contributed by atoms with E-state index in [4.69, 9.17) is 9.72 Å². The average molecular weight is 298 g/mol. The minimum Gasteiger partial charge on any atom is -0.496 e. The molecule has 0 saturated carbocycles. The molecule has 21 heavy (non-hydrogen) atoms. The fraction of sp³-hybridized carbons (Fsp3) is 0.235. The minimum absolute atomic E-state index is 0.861. The molecule has 2 heterocycles. The van der Waals surface area contributed by atoms with Crippen LogP contribution in [0.4, 0.5) is 0 Å². The third kappa shape index (κ3) is 2.36. The lowest BCUT2D eigenvalue weighted by atomic mass is 10.2. The second-order valence-electron chi connectivity index (χ2n) is 5.08. The number of ether oxygens (including phenoxy) is 1. The first-order chi connectivity index (χ1) is 10.1. The van der Waals surface area contributed by atoms with Crippen LogP contribution < -0.4 is 4.74 Å². The smallest absolute Gasteiger partial charge is 0.129 e. The highest BCUT2D eigenvalue weighted by atomic mass is 32.1. The van der Waals surface area contributed by atoms with Crippen LogP contribution in [0.5, 0.6) is 5.75 Å². The summed E-state index contributed by atoms with van der Waals surface area (Å²) in [4.78, 5) is 4.80. The van der Waals surface area contributed by atoms with Gasteiger partial charge in [-0.2, -0.15) is 0 Å². The quantitative estimate of drug-likeness (QED) is 0.714. The number of hydrogen-bond donors (Lipinski definition) is 0. The fourth-order valence-electron chi connectivity index (χ4n) is 2.46. The number of methoxy groups -OCH3 is 1. The molecular weight excluding hydrogens is 280 g/mol. The van der Waals surface area contributed by atoms with Crippen molar-refractivity contribution in [2.45, 2.75) is 13.8 Å². The first-order valence-corrected chi connectivity index (χ1v) is 7.72. The van der Waals surface area contributed by atoms with Gasteiger partial charge < -0.3 is 9.30 Å². The molecule has 108 valence electrons. The predicted octanol–water partition coefficient (Wildman–Crippen LogP) is 4.44. The SMILES string of the molecule is COc1ccccc1-c1nc(-c2cc(C)n(C)c2C)cs1. The summed E-state index contributed by atoms with van der Waals surface area (Å²) in [6.45, 7) is 4.24. The maximum absolute atomic E-state index is 5.42. The van der Waals surface area contributed by atoms with Gasteiger partial charge in [0.15, 0.2) is 0 Å². The Labute approximate surface area is 128 Å². The Kier molecular flexibility index (Phi) is 3.55. The van der Waals surface area contributed by atoms with Gasteiger partial charge in [-0.25, -0.2) is 4.98 Å². The second kappa shape index (κ2) is 5.37. The van der Waals surface area contributed by atoms with Crippen LogP contribution in [0.3, 0.4) is 0 Å². The van der Waals surface area contributed by atoms with Crippen LogP contribution in [0.15, 0.2) is 35.7 Å². The molecule has 4 heteroatoms. The Morgan fingerprint density at radius 3 is 2.57 bits per heavy atom. The van der Waals surface area contributed by atoms with Crippen LogP contribution in [0.1, 0.15) is 11.4 Å². The Morgan fingerprint density at radius 2 is 1.90 bits per heavy atom. The number of benzene rings is 1. The summed E-state index contributed by atoms with van der Waals surface area (Å²) >= 11 is 1.65. The zero-order chi connectivity index (χ0) is 15.0. The van der Waals surface area contributed by atoms with Crippen LogP contribution >= 0.6 is 11.3 Å². The van der Waals surface area contributed by atoms with Crippen LogP contribution in [0.25, 0.3) is 21.8 Å². The minimum atomic E-state index is 0.861. The van der Waals surface area contributed by atoms with E-state index in [0.717, 1.165) is 22.0 Å². The second-order valence-corrected chi connectivity index (χ2v) is 5.94. The van der Waals surface area contributed by atoms with Crippen molar-refractivity contribution in [3.8, 4) is 27.6 Å². The van der Waals surface area contributed by atoms with E-state index in [1.165, 1.54) is 17.0 Å². The molecule has 0 amide bonds. The molecule has 3 nitrogen and oxygen atoms in total. The van der Waals surface area contributed by atoms with Crippen molar-refractivity contribution in [3.05, 3.63) is 47.1 Å². The Morgan fingerprint density at radius 1 is 1.14 bits per heavy atom. The molecule has 1 aromatic carbocycles. The summed E-state index contributed by atoms with van der Waals surface area (Å²) in [6.07, 6.45) is 0. The molecule has 0 unspecified atom stereocenters. The molecule has 0 aliphatic heterocycles. The van der Waals surface area contributed by atoms with E-state index in [9.17, 15) is 0 Å². The van der Waals surface area contributed by atoms with Gasteiger partial charge in [0.2, 0.25) is 0 Å². The van der Waals surface area contributed by atoms with E-state index in [2.05, 4.69) is 36.9 Å². The largest absolute Gasteiger partial charge is 0.496 e. The van der Waals surface area contributed by atoms with Crippen molar-refractivity contribution in [1.29, 1.82) is 0 Å². The Hall–Kier alpha value is -2.07. The lowest BCUT2D eigenvalue weighted by molar-refractivity contribution is 0.416. The Bertz CT molecular complexity index is 786. The maximum Gasteiger partial charge on any atom is 0.129 e. The van der Waals surface area contributed by atoms with Gasteiger partial charge >= 0.3 is 0 Å². The summed E-state index contributed by atoms with van der Waals surface area (Å²) in [5.41, 5.74) is 5.76. The van der Waals surface area contributed by atoms with E-state index in [1.807, 2.05) is 24.3 Å². The summed E-state index contributed by atoms with van der Waals surface area (Å²) in [6, 6.07) is 10.2. The highest BCUT2D eigenvalue weighted by Crippen LogP contribution is 2.35. The number of rotatable bonds is 3. The number of hydrogen-bond acceptors (Lipinski definition) is 3. The van der Waals surface area contributed by atoms with Crippen molar-refractivity contribution in [1.82, 2.24) is 9.55 Å². The third-order valence-corrected chi connectivity index (χ3v) is 4.77. The monoisotopic (exact) mass is 298 g/mol. The summed E-state index contributed by atoms with van der Waals surface area (Å²) in [5, 5.41) is 3.10. The lowest BCUT2D eigenvalue weighted by Crippen LogP contribution is -1.93. The van der Waals surface area contributed by atoms with Crippen LogP contribution in [-0.2, 0) is 7.05 Å². The van der Waals surface area contributed by atoms with Gasteiger partial charge in [0, 0.05) is 29.4 Å². The number of aromatic nitrogens is 2. The van der Waals surface area contributed by atoms with E-state index < -0.39 is 0 Å². The van der Waals surface area contributed by atoms with Crippen molar-refractivity contribution in [3.63, 3.8) is 0 Å². The zero-order valence-electron chi connectivity index (χ0n) is 12.7. The van der Waals surface area contributed by atoms with E-state index in [-0.39, 0.29) is 0 Å². The average Bonchev–Trinajstić information content (AvgIpc) is 3.08. The van der Waals surface area contributed by atoms with Gasteiger partial charge in [-0.1, -0.05) is 12.1 Å². The van der Waals surface area contributed by atoms with E-state index >= 15 is 0 Å². The third-order valence-electron chi connectivity index (χ3n) is 3.89. The van der Waals surface area contributed by atoms with E-state index in [1.54, 1.807) is 18.4 Å². The zero-order valence-corrected chi connectivity index (χ0v) is 13.5. The van der Waals surface area contributed by atoms with E-state index in [0.29, 0.717) is 0 Å². The van der Waals surface area contributed by atoms with Crippen molar-refractivity contribution in [2.24, 2.45) is 7.05 Å². The van der Waals surface area contributed by atoms with Gasteiger partial charge in [-0.3, -0.25) is 0 Å². The number of nitrogens with zero attached hydrogens (tertiary/aromatic N) is 2. The number of para-hydroxylation sites is 1. The molecular formula is C17H18N2OS. The number of aryl methyl sites for hydroxylation is 1. The molecule has 2 aromatic heterocycles. The normalized spacial score (nSPS) is 10.9. The standard InChI is InChI=1S/C17H18N2OS/c1-11-9-14(12(2)19(11)3)15-10-21-17(18-15)13-7-5-6-8-16(13)20-4/h5-10H,1-4H3.